The third-order valence-corrected chi connectivity index (χ3v) is 4.22. The molecule has 1 saturated heterocycles. The predicted octanol–water partition coefficient (Wildman–Crippen LogP) is 2.42. The van der Waals surface area contributed by atoms with Crippen LogP contribution in [0.3, 0.4) is 0 Å². The molecule has 5 nitrogen and oxygen atoms in total. The molecule has 1 aromatic rings. The van der Waals surface area contributed by atoms with E-state index in [0.717, 1.165) is 5.76 Å². The molecule has 0 radical (unpaired) electrons. The fourth-order valence-electron chi connectivity index (χ4n) is 2.93. The summed E-state index contributed by atoms with van der Waals surface area (Å²) in [5.41, 5.74) is 0.496. The molecule has 1 aliphatic heterocycles. The van der Waals surface area contributed by atoms with Gasteiger partial charge in [-0.25, -0.2) is 0 Å². The maximum Gasteiger partial charge on any atom is 0.233 e. The molecule has 1 fully saturated rings. The molecule has 0 unspecified atom stereocenters. The maximum absolute atomic E-state index is 12.4. The smallest absolute Gasteiger partial charge is 0.233 e. The first-order valence-corrected chi connectivity index (χ1v) is 7.34. The molecule has 0 spiro atoms. The number of amides is 2. The van der Waals surface area contributed by atoms with Crippen LogP contribution in [0.15, 0.2) is 22.7 Å². The van der Waals surface area contributed by atoms with Crippen LogP contribution in [0.25, 0.3) is 0 Å². The van der Waals surface area contributed by atoms with E-state index in [1.807, 2.05) is 39.0 Å². The molecule has 21 heavy (non-hydrogen) atoms. The molecule has 5 heteroatoms. The van der Waals surface area contributed by atoms with Crippen LogP contribution in [0.4, 0.5) is 0 Å². The monoisotopic (exact) mass is 288 g/mol. The van der Waals surface area contributed by atoms with Gasteiger partial charge in [0.1, 0.15) is 11.5 Å². The summed E-state index contributed by atoms with van der Waals surface area (Å²) in [5.74, 6) is 0.243. The number of carbonyl (C=O) groups is 2. The lowest BCUT2D eigenvalue weighted by Crippen LogP contribution is -2.30. The SMILES string of the molecule is CC(C)(C)c1cc(CN2C(=O)[C@H]3CC=CC[C@@H]3C2=O)no1. The van der Waals surface area contributed by atoms with E-state index in [1.54, 1.807) is 0 Å². The van der Waals surface area contributed by atoms with Crippen LogP contribution >= 0.6 is 0 Å². The molecule has 0 saturated carbocycles. The van der Waals surface area contributed by atoms with Gasteiger partial charge in [-0.15, -0.1) is 0 Å². The zero-order valence-electron chi connectivity index (χ0n) is 12.6. The molecule has 2 heterocycles. The van der Waals surface area contributed by atoms with E-state index >= 15 is 0 Å². The minimum absolute atomic E-state index is 0.0744. The van der Waals surface area contributed by atoms with Crippen molar-refractivity contribution in [2.75, 3.05) is 0 Å². The van der Waals surface area contributed by atoms with Crippen LogP contribution in [0.2, 0.25) is 0 Å². The van der Waals surface area contributed by atoms with E-state index in [4.69, 9.17) is 4.52 Å². The van der Waals surface area contributed by atoms with Crippen molar-refractivity contribution in [3.63, 3.8) is 0 Å². The van der Waals surface area contributed by atoms with Crippen LogP contribution < -0.4 is 0 Å². The van der Waals surface area contributed by atoms with E-state index in [1.165, 1.54) is 4.90 Å². The molecule has 1 aliphatic carbocycles. The fraction of sp³-hybridized carbons (Fsp3) is 0.562. The largest absolute Gasteiger partial charge is 0.361 e. The summed E-state index contributed by atoms with van der Waals surface area (Å²) in [5, 5.41) is 4.00. The Kier molecular flexibility index (Phi) is 3.23. The molecule has 0 N–H and O–H groups in total. The van der Waals surface area contributed by atoms with Crippen molar-refractivity contribution in [3.8, 4) is 0 Å². The van der Waals surface area contributed by atoms with E-state index < -0.39 is 0 Å². The number of fused-ring (bicyclic) bond motifs is 1. The minimum Gasteiger partial charge on any atom is -0.361 e. The molecular weight excluding hydrogens is 268 g/mol. The number of hydrogen-bond donors (Lipinski definition) is 0. The Morgan fingerprint density at radius 2 is 1.76 bits per heavy atom. The van der Waals surface area contributed by atoms with Gasteiger partial charge in [0, 0.05) is 11.5 Å². The van der Waals surface area contributed by atoms with Crippen LogP contribution in [0, 0.1) is 11.8 Å². The highest BCUT2D eigenvalue weighted by atomic mass is 16.5. The normalized spacial score (nSPS) is 25.6. The summed E-state index contributed by atoms with van der Waals surface area (Å²) in [6, 6.07) is 1.83. The Labute approximate surface area is 124 Å². The van der Waals surface area contributed by atoms with Crippen LogP contribution in [0.1, 0.15) is 45.1 Å². The second kappa shape index (κ2) is 4.83. The van der Waals surface area contributed by atoms with Gasteiger partial charge < -0.3 is 4.52 Å². The van der Waals surface area contributed by atoms with Crippen molar-refractivity contribution in [1.29, 1.82) is 0 Å². The average Bonchev–Trinajstić information content (AvgIpc) is 2.99. The van der Waals surface area contributed by atoms with E-state index in [0.29, 0.717) is 18.5 Å². The van der Waals surface area contributed by atoms with Crippen molar-refractivity contribution in [2.45, 2.75) is 45.6 Å². The third-order valence-electron chi connectivity index (χ3n) is 4.22. The lowest BCUT2D eigenvalue weighted by Gasteiger charge is -2.14. The van der Waals surface area contributed by atoms with Crippen molar-refractivity contribution in [2.24, 2.45) is 11.8 Å². The Bertz CT molecular complexity index is 583. The topological polar surface area (TPSA) is 63.4 Å². The Hall–Kier alpha value is -1.91. The zero-order chi connectivity index (χ0) is 15.2. The summed E-state index contributed by atoms with van der Waals surface area (Å²) in [6.45, 7) is 6.31. The number of carbonyl (C=O) groups excluding carboxylic acids is 2. The highest BCUT2D eigenvalue weighted by Gasteiger charge is 2.47. The van der Waals surface area contributed by atoms with Crippen LogP contribution in [-0.2, 0) is 21.5 Å². The number of likely N-dealkylation sites (tertiary alicyclic amines) is 1. The first kappa shape index (κ1) is 14.0. The van der Waals surface area contributed by atoms with Gasteiger partial charge in [-0.05, 0) is 12.8 Å². The number of nitrogens with zero attached hydrogens (tertiary/aromatic N) is 2. The summed E-state index contributed by atoms with van der Waals surface area (Å²) in [7, 11) is 0. The standard InChI is InChI=1S/C16H20N2O3/c1-16(2,3)13-8-10(17-21-13)9-18-14(19)11-6-4-5-7-12(11)15(18)20/h4-5,8,11-12H,6-7,9H2,1-3H3/t11-,12-/m0/s1. The van der Waals surface area contributed by atoms with Crippen molar-refractivity contribution < 1.29 is 14.1 Å². The van der Waals surface area contributed by atoms with Gasteiger partial charge >= 0.3 is 0 Å². The summed E-state index contributed by atoms with van der Waals surface area (Å²) < 4.78 is 5.32. The summed E-state index contributed by atoms with van der Waals surface area (Å²) in [6.07, 6.45) is 5.31. The first-order chi connectivity index (χ1) is 9.88. The predicted molar refractivity (Wildman–Crippen MR) is 76.1 cm³/mol. The molecular formula is C16H20N2O3. The first-order valence-electron chi connectivity index (χ1n) is 7.34. The van der Waals surface area contributed by atoms with Crippen LogP contribution in [-0.4, -0.2) is 21.9 Å². The van der Waals surface area contributed by atoms with Gasteiger partial charge in [-0.1, -0.05) is 38.1 Å². The molecule has 2 aliphatic rings. The number of allylic oxidation sites excluding steroid dienone is 2. The Morgan fingerprint density at radius 1 is 1.19 bits per heavy atom. The van der Waals surface area contributed by atoms with Crippen molar-refractivity contribution >= 4 is 11.8 Å². The van der Waals surface area contributed by atoms with Crippen molar-refractivity contribution in [3.05, 3.63) is 29.7 Å². The summed E-state index contributed by atoms with van der Waals surface area (Å²) >= 11 is 0. The van der Waals surface area contributed by atoms with Gasteiger partial charge in [-0.3, -0.25) is 14.5 Å². The second-order valence-electron chi connectivity index (χ2n) is 6.85. The molecule has 112 valence electrons. The lowest BCUT2D eigenvalue weighted by atomic mass is 9.85. The molecule has 0 aromatic carbocycles. The van der Waals surface area contributed by atoms with E-state index in [2.05, 4.69) is 5.16 Å². The number of hydrogen-bond acceptors (Lipinski definition) is 4. The van der Waals surface area contributed by atoms with E-state index in [-0.39, 0.29) is 35.6 Å². The van der Waals surface area contributed by atoms with Gasteiger partial charge in [0.25, 0.3) is 0 Å². The molecule has 2 amide bonds. The minimum atomic E-state index is -0.184. The number of rotatable bonds is 2. The number of aromatic nitrogens is 1. The second-order valence-corrected chi connectivity index (χ2v) is 6.85. The summed E-state index contributed by atoms with van der Waals surface area (Å²) in [4.78, 5) is 26.1. The molecule has 0 bridgehead atoms. The highest BCUT2D eigenvalue weighted by Crippen LogP contribution is 2.36. The van der Waals surface area contributed by atoms with E-state index in [9.17, 15) is 9.59 Å². The molecule has 3 rings (SSSR count). The zero-order valence-corrected chi connectivity index (χ0v) is 12.6. The lowest BCUT2D eigenvalue weighted by molar-refractivity contribution is -0.140. The Balaban J connectivity index is 1.78. The quantitative estimate of drug-likeness (QED) is 0.619. The van der Waals surface area contributed by atoms with Gasteiger partial charge in [-0.2, -0.15) is 0 Å². The third kappa shape index (κ3) is 2.41. The molecule has 2 atom stereocenters. The van der Waals surface area contributed by atoms with Crippen LogP contribution in [0.5, 0.6) is 0 Å². The maximum atomic E-state index is 12.4. The molecule has 1 aromatic heterocycles. The van der Waals surface area contributed by atoms with Crippen molar-refractivity contribution in [1.82, 2.24) is 10.1 Å². The number of imide groups is 1. The highest BCUT2D eigenvalue weighted by molar-refractivity contribution is 6.05. The average molecular weight is 288 g/mol. The van der Waals surface area contributed by atoms with Gasteiger partial charge in [0.15, 0.2) is 0 Å². The fourth-order valence-corrected chi connectivity index (χ4v) is 2.93. The van der Waals surface area contributed by atoms with Gasteiger partial charge in [0.05, 0.1) is 18.4 Å². The van der Waals surface area contributed by atoms with Gasteiger partial charge in [0.2, 0.25) is 11.8 Å². The Morgan fingerprint density at radius 3 is 2.24 bits per heavy atom.